The lowest BCUT2D eigenvalue weighted by Crippen LogP contribution is -2.19. The molecule has 0 bridgehead atoms. The predicted octanol–water partition coefficient (Wildman–Crippen LogP) is 2.99. The van der Waals surface area contributed by atoms with Gasteiger partial charge in [0.25, 0.3) is 5.69 Å². The summed E-state index contributed by atoms with van der Waals surface area (Å²) in [6.45, 7) is 0. The van der Waals surface area contributed by atoms with Crippen LogP contribution in [0.25, 0.3) is 0 Å². The van der Waals surface area contributed by atoms with Crippen molar-refractivity contribution in [2.45, 2.75) is 0 Å². The Kier molecular flexibility index (Phi) is 4.11. The van der Waals surface area contributed by atoms with Crippen LogP contribution in [-0.4, -0.2) is 10.0 Å². The maximum absolute atomic E-state index is 10.7. The molecule has 0 saturated heterocycles. The fourth-order valence-corrected chi connectivity index (χ4v) is 1.82. The van der Waals surface area contributed by atoms with Gasteiger partial charge in [0.2, 0.25) is 0 Å². The molecule has 0 amide bonds. The van der Waals surface area contributed by atoms with E-state index in [1.54, 1.807) is 24.3 Å². The number of hydrogen-bond acceptors (Lipinski definition) is 4. The molecular formula is C13H12N4O2S. The Morgan fingerprint density at radius 1 is 1.15 bits per heavy atom. The number of nitrogen functional groups attached to an aromatic ring is 1. The van der Waals surface area contributed by atoms with Crippen molar-refractivity contribution in [2.75, 3.05) is 16.4 Å². The lowest BCUT2D eigenvalue weighted by molar-refractivity contribution is -0.384. The first-order chi connectivity index (χ1) is 9.56. The second kappa shape index (κ2) is 5.98. The summed E-state index contributed by atoms with van der Waals surface area (Å²) in [5.74, 6) is 0. The van der Waals surface area contributed by atoms with Crippen LogP contribution in [0, 0.1) is 10.1 Å². The molecule has 0 aliphatic rings. The summed E-state index contributed by atoms with van der Waals surface area (Å²) in [6.07, 6.45) is 0. The number of thiocarbonyl (C=S) groups is 1. The average Bonchev–Trinajstić information content (AvgIpc) is 2.41. The van der Waals surface area contributed by atoms with Crippen molar-refractivity contribution in [1.29, 1.82) is 0 Å². The minimum Gasteiger partial charge on any atom is -0.397 e. The normalized spacial score (nSPS) is 9.80. The zero-order valence-corrected chi connectivity index (χ0v) is 11.2. The van der Waals surface area contributed by atoms with Crippen LogP contribution in [0.1, 0.15) is 0 Å². The number of para-hydroxylation sites is 2. The van der Waals surface area contributed by atoms with E-state index in [1.165, 1.54) is 12.1 Å². The molecule has 0 aliphatic carbocycles. The summed E-state index contributed by atoms with van der Waals surface area (Å²) >= 11 is 5.14. The summed E-state index contributed by atoms with van der Waals surface area (Å²) in [5, 5.41) is 16.8. The van der Waals surface area contributed by atoms with Crippen LogP contribution in [-0.2, 0) is 0 Å². The quantitative estimate of drug-likeness (QED) is 0.348. The van der Waals surface area contributed by atoms with Gasteiger partial charge in [0.15, 0.2) is 5.11 Å². The Morgan fingerprint density at radius 3 is 2.60 bits per heavy atom. The molecule has 0 saturated carbocycles. The Balaban J connectivity index is 2.07. The van der Waals surface area contributed by atoms with E-state index in [1.807, 2.05) is 12.1 Å². The summed E-state index contributed by atoms with van der Waals surface area (Å²) in [6, 6.07) is 13.3. The number of hydrogen-bond donors (Lipinski definition) is 3. The van der Waals surface area contributed by atoms with Crippen LogP contribution >= 0.6 is 12.2 Å². The average molecular weight is 288 g/mol. The lowest BCUT2D eigenvalue weighted by Gasteiger charge is -2.11. The van der Waals surface area contributed by atoms with Crippen molar-refractivity contribution in [2.24, 2.45) is 0 Å². The van der Waals surface area contributed by atoms with Crippen LogP contribution < -0.4 is 16.4 Å². The number of anilines is 3. The highest BCUT2D eigenvalue weighted by atomic mass is 32.1. The molecule has 2 rings (SSSR count). The van der Waals surface area contributed by atoms with E-state index in [0.717, 1.165) is 0 Å². The van der Waals surface area contributed by atoms with Crippen molar-refractivity contribution in [3.05, 3.63) is 58.6 Å². The number of non-ortho nitro benzene ring substituents is 1. The van der Waals surface area contributed by atoms with E-state index < -0.39 is 4.92 Å². The molecule has 0 heterocycles. The fraction of sp³-hybridized carbons (Fsp3) is 0. The van der Waals surface area contributed by atoms with Gasteiger partial charge in [-0.15, -0.1) is 0 Å². The fourth-order valence-electron chi connectivity index (χ4n) is 1.59. The van der Waals surface area contributed by atoms with Crippen molar-refractivity contribution < 1.29 is 4.92 Å². The summed E-state index contributed by atoms with van der Waals surface area (Å²) in [5.41, 5.74) is 7.56. The Morgan fingerprint density at radius 2 is 1.90 bits per heavy atom. The molecule has 4 N–H and O–H groups in total. The molecule has 2 aromatic rings. The van der Waals surface area contributed by atoms with Gasteiger partial charge in [-0.2, -0.15) is 0 Å². The zero-order chi connectivity index (χ0) is 14.5. The number of nitrogens with two attached hydrogens (primary N) is 1. The second-order valence-electron chi connectivity index (χ2n) is 3.97. The van der Waals surface area contributed by atoms with E-state index in [9.17, 15) is 10.1 Å². The molecule has 7 heteroatoms. The Labute approximate surface area is 120 Å². The molecular weight excluding hydrogens is 276 g/mol. The molecule has 102 valence electrons. The molecule has 0 aliphatic heterocycles. The van der Waals surface area contributed by atoms with Gasteiger partial charge in [0, 0.05) is 17.8 Å². The molecule has 0 fully saturated rings. The van der Waals surface area contributed by atoms with E-state index in [4.69, 9.17) is 18.0 Å². The van der Waals surface area contributed by atoms with Gasteiger partial charge in [0.05, 0.1) is 16.3 Å². The van der Waals surface area contributed by atoms with Crippen molar-refractivity contribution in [1.82, 2.24) is 0 Å². The van der Waals surface area contributed by atoms with Gasteiger partial charge in [-0.1, -0.05) is 18.2 Å². The van der Waals surface area contributed by atoms with Gasteiger partial charge in [-0.25, -0.2) is 0 Å². The number of benzene rings is 2. The molecule has 2 aromatic carbocycles. The molecule has 20 heavy (non-hydrogen) atoms. The Bertz CT molecular complexity index is 660. The second-order valence-corrected chi connectivity index (χ2v) is 4.38. The largest absolute Gasteiger partial charge is 0.397 e. The summed E-state index contributed by atoms with van der Waals surface area (Å²) < 4.78 is 0. The smallest absolute Gasteiger partial charge is 0.271 e. The standard InChI is InChI=1S/C13H12N4O2S/c14-11-6-1-2-7-12(11)16-13(20)15-9-4-3-5-10(8-9)17(18)19/h1-8H,14H2,(H2,15,16,20). The minimum atomic E-state index is -0.461. The van der Waals surface area contributed by atoms with Crippen LogP contribution in [0.4, 0.5) is 22.7 Å². The van der Waals surface area contributed by atoms with Crippen LogP contribution in [0.15, 0.2) is 48.5 Å². The van der Waals surface area contributed by atoms with E-state index in [-0.39, 0.29) is 5.69 Å². The van der Waals surface area contributed by atoms with Gasteiger partial charge >= 0.3 is 0 Å². The molecule has 0 atom stereocenters. The predicted molar refractivity (Wildman–Crippen MR) is 83.8 cm³/mol. The Hall–Kier alpha value is -2.67. The van der Waals surface area contributed by atoms with Crippen molar-refractivity contribution in [3.63, 3.8) is 0 Å². The summed E-state index contributed by atoms with van der Waals surface area (Å²) in [4.78, 5) is 10.2. The maximum Gasteiger partial charge on any atom is 0.271 e. The van der Waals surface area contributed by atoms with E-state index in [2.05, 4.69) is 10.6 Å². The highest BCUT2D eigenvalue weighted by Gasteiger charge is 2.07. The topological polar surface area (TPSA) is 93.2 Å². The van der Waals surface area contributed by atoms with Crippen LogP contribution in [0.2, 0.25) is 0 Å². The maximum atomic E-state index is 10.7. The number of nitro groups is 1. The van der Waals surface area contributed by atoms with Gasteiger partial charge in [-0.05, 0) is 30.4 Å². The monoisotopic (exact) mass is 288 g/mol. The first-order valence-electron chi connectivity index (χ1n) is 5.73. The number of nitrogens with one attached hydrogen (secondary N) is 2. The zero-order valence-electron chi connectivity index (χ0n) is 10.4. The van der Waals surface area contributed by atoms with Crippen molar-refractivity contribution in [3.8, 4) is 0 Å². The molecule has 6 nitrogen and oxygen atoms in total. The van der Waals surface area contributed by atoms with Crippen molar-refractivity contribution >= 4 is 40.1 Å². The highest BCUT2D eigenvalue weighted by molar-refractivity contribution is 7.80. The van der Waals surface area contributed by atoms with Gasteiger partial charge in [-0.3, -0.25) is 10.1 Å². The van der Waals surface area contributed by atoms with E-state index in [0.29, 0.717) is 22.2 Å². The summed E-state index contributed by atoms with van der Waals surface area (Å²) in [7, 11) is 0. The molecule has 0 aromatic heterocycles. The minimum absolute atomic E-state index is 0.00275. The molecule has 0 unspecified atom stereocenters. The first kappa shape index (κ1) is 13.8. The van der Waals surface area contributed by atoms with Crippen LogP contribution in [0.3, 0.4) is 0 Å². The highest BCUT2D eigenvalue weighted by Crippen LogP contribution is 2.19. The molecule has 0 spiro atoms. The lowest BCUT2D eigenvalue weighted by atomic mass is 10.2. The number of rotatable bonds is 3. The van der Waals surface area contributed by atoms with E-state index >= 15 is 0 Å². The third kappa shape index (κ3) is 3.42. The van der Waals surface area contributed by atoms with Crippen LogP contribution in [0.5, 0.6) is 0 Å². The van der Waals surface area contributed by atoms with Gasteiger partial charge < -0.3 is 16.4 Å². The third-order valence-electron chi connectivity index (χ3n) is 2.52. The molecule has 0 radical (unpaired) electrons. The number of nitro benzene ring substituents is 1. The SMILES string of the molecule is Nc1ccccc1NC(=S)Nc1cccc([N+](=O)[O-])c1. The first-order valence-corrected chi connectivity index (χ1v) is 6.14. The number of nitrogens with zero attached hydrogens (tertiary/aromatic N) is 1. The van der Waals surface area contributed by atoms with Gasteiger partial charge in [0.1, 0.15) is 0 Å². The third-order valence-corrected chi connectivity index (χ3v) is 2.73.